The van der Waals surface area contributed by atoms with Gasteiger partial charge in [-0.25, -0.2) is 24.4 Å². The average molecular weight is 1220 g/mol. The number of rotatable bonds is 18. The smallest absolute Gasteiger partial charge is 0.338 e. The van der Waals surface area contributed by atoms with Gasteiger partial charge in [-0.05, 0) is 191 Å². The van der Waals surface area contributed by atoms with Crippen LogP contribution in [-0.2, 0) is 9.47 Å². The van der Waals surface area contributed by atoms with Crippen LogP contribution in [0.2, 0.25) is 0 Å². The van der Waals surface area contributed by atoms with Gasteiger partial charge in [0.15, 0.2) is 11.7 Å². The summed E-state index contributed by atoms with van der Waals surface area (Å²) in [6, 6.07) is 40.3. The zero-order valence-corrected chi connectivity index (χ0v) is 53.0. The quantitative estimate of drug-likeness (QED) is 0.0304. The molecule has 0 saturated carbocycles. The summed E-state index contributed by atoms with van der Waals surface area (Å²) in [6.07, 6.45) is 6.32. The van der Waals surface area contributed by atoms with Gasteiger partial charge in [-0.2, -0.15) is 0 Å². The second kappa shape index (κ2) is 30.9. The maximum atomic E-state index is 13.0. The monoisotopic (exact) mass is 1220 g/mol. The number of ketones is 1. The van der Waals surface area contributed by atoms with Crippen LogP contribution in [0, 0.1) is 13.8 Å². The number of carbonyl (C=O) groups excluding carboxylic acids is 4. The van der Waals surface area contributed by atoms with E-state index in [2.05, 4.69) is 52.8 Å². The highest BCUT2D eigenvalue weighted by Crippen LogP contribution is 2.38. The molecule has 4 heterocycles. The van der Waals surface area contributed by atoms with Crippen LogP contribution in [0.3, 0.4) is 0 Å². The number of likely N-dealkylation sites (tertiary alicyclic amines) is 2. The van der Waals surface area contributed by atoms with Gasteiger partial charge in [-0.15, -0.1) is 0 Å². The number of carbonyl (C=O) groups is 5. The highest BCUT2D eigenvalue weighted by atomic mass is 16.5. The molecule has 6 aromatic carbocycles. The first-order valence-corrected chi connectivity index (χ1v) is 30.4. The number of carboxylic acid groups (broad SMARTS) is 1. The number of aromatic amines is 1. The van der Waals surface area contributed by atoms with Gasteiger partial charge in [0.1, 0.15) is 0 Å². The Kier molecular flexibility index (Phi) is 22.9. The lowest BCUT2D eigenvalue weighted by Crippen LogP contribution is -2.43. The van der Waals surface area contributed by atoms with E-state index in [1.54, 1.807) is 31.2 Å². The first-order valence-electron chi connectivity index (χ1n) is 30.4. The molecule has 0 radical (unpaired) electrons. The number of fused-ring (bicyclic) bond motifs is 2. The number of aromatic carboxylic acids is 1. The average Bonchev–Trinajstić information content (AvgIpc) is 1.60. The third-order valence-electron chi connectivity index (χ3n) is 16.8. The van der Waals surface area contributed by atoms with Crippen molar-refractivity contribution in [3.05, 3.63) is 189 Å². The lowest BCUT2D eigenvalue weighted by molar-refractivity contribution is 0.0591. The third kappa shape index (κ3) is 16.2. The van der Waals surface area contributed by atoms with E-state index in [9.17, 15) is 39.3 Å². The van der Waals surface area contributed by atoms with Crippen molar-refractivity contribution < 1.29 is 48.8 Å². The number of hydrogen-bond acceptors (Lipinski definition) is 16. The number of benzene rings is 6. The number of Topliss-reactive ketones (excluding diaryl/α,β-unsaturated/α-hetero) is 1. The van der Waals surface area contributed by atoms with Crippen LogP contribution in [0.5, 0.6) is 11.8 Å². The Bertz CT molecular complexity index is 3880. The normalized spacial score (nSPS) is 14.5. The third-order valence-corrected chi connectivity index (χ3v) is 16.8. The van der Waals surface area contributed by atoms with Gasteiger partial charge in [0, 0.05) is 71.5 Å². The SMILES string of the molecule is CN(C)C1CCN(CCN)CC1.COC(=O)c1cc2[nH]c(O)c(C(=Nc3ccc(C(=O)CCCN4CCC(N(C)C)CC4)cc3)c3ccccc3)c2cc1C.COC(=O)c1cc2c(cc1C)c(C(=Nc1ccc(C(=O)O)cc1)c1ccccc1)c(O)n2C(C)=O. The molecule has 2 aliphatic rings. The van der Waals surface area contributed by atoms with Crippen LogP contribution in [0.15, 0.2) is 143 Å². The largest absolute Gasteiger partial charge is 0.494 e. The van der Waals surface area contributed by atoms with Crippen molar-refractivity contribution in [1.29, 1.82) is 0 Å². The Morgan fingerprint density at radius 2 is 1.06 bits per heavy atom. The number of piperidine rings is 2. The maximum Gasteiger partial charge on any atom is 0.338 e. The van der Waals surface area contributed by atoms with Crippen molar-refractivity contribution in [3.63, 3.8) is 0 Å². The number of nitrogens with one attached hydrogen (secondary N) is 1. The molecule has 2 saturated heterocycles. The highest BCUT2D eigenvalue weighted by Gasteiger charge is 2.28. The fraction of sp³-hybridized carbons (Fsp3) is 0.338. The molecule has 0 aliphatic carbocycles. The molecule has 472 valence electrons. The number of aromatic nitrogens is 2. The minimum Gasteiger partial charge on any atom is -0.494 e. The van der Waals surface area contributed by atoms with Crippen LogP contribution in [-0.4, -0.2) is 186 Å². The number of aliphatic imine (C=N–C) groups is 2. The fourth-order valence-corrected chi connectivity index (χ4v) is 11.7. The second-order valence-electron chi connectivity index (χ2n) is 23.2. The van der Waals surface area contributed by atoms with Crippen LogP contribution in [0.1, 0.15) is 125 Å². The molecule has 6 N–H and O–H groups in total. The second-order valence-corrected chi connectivity index (χ2v) is 23.2. The highest BCUT2D eigenvalue weighted by molar-refractivity contribution is 6.24. The van der Waals surface area contributed by atoms with Crippen molar-refractivity contribution in [2.24, 2.45) is 15.7 Å². The van der Waals surface area contributed by atoms with Gasteiger partial charge in [0.25, 0.3) is 0 Å². The number of H-pyrrole nitrogens is 1. The van der Waals surface area contributed by atoms with E-state index in [4.69, 9.17) is 25.2 Å². The molecule has 0 atom stereocenters. The Hall–Kier alpha value is -9.11. The molecule has 2 aromatic heterocycles. The maximum absolute atomic E-state index is 13.0. The molecule has 10 rings (SSSR count). The first-order chi connectivity index (χ1) is 43.2. The molecule has 19 nitrogen and oxygen atoms in total. The standard InChI is InChI=1S/C35H40N4O4.C27H22N2O6.C9H21N3/c1-23-21-29-30(22-28(23)35(42)43-4)37-34(41)32(29)33(25-9-6-5-7-10-25)36-26-14-12-24(13-15-26)31(40)11-8-18-39-19-16-27(17-20-39)38(2)3;1-15-13-21-22(14-20(15)27(34)35-3)29(16(2)30)25(31)23(21)24(17-7-5-4-6-8-17)28-19-11-9-18(10-12-19)26(32)33;1-11(2)9-3-6-12(7-4-9)8-5-10/h5-7,9-10,12-15,21-22,27,37,41H,8,11,16-20H2,1-4H3;4-14,31H,1-3H3,(H,32,33);9H,3-8,10H2,1-2H3. The van der Waals surface area contributed by atoms with E-state index < -0.39 is 23.8 Å². The molecule has 2 aliphatic heterocycles. The molecular formula is C71H83N9O10. The van der Waals surface area contributed by atoms with Gasteiger partial charge in [-0.1, -0.05) is 60.7 Å². The number of nitrogens with zero attached hydrogens (tertiary/aromatic N) is 7. The summed E-state index contributed by atoms with van der Waals surface area (Å²) in [5.41, 5.74) is 13.7. The number of methoxy groups -OCH3 is 2. The number of aromatic hydroxyl groups is 2. The molecule has 8 aromatic rings. The van der Waals surface area contributed by atoms with Crippen LogP contribution in [0.25, 0.3) is 21.8 Å². The molecule has 90 heavy (non-hydrogen) atoms. The molecule has 0 spiro atoms. The van der Waals surface area contributed by atoms with Crippen LogP contribution >= 0.6 is 0 Å². The number of nitrogens with two attached hydrogens (primary N) is 1. The number of ether oxygens (including phenoxy) is 2. The van der Waals surface area contributed by atoms with E-state index in [-0.39, 0.29) is 28.7 Å². The predicted molar refractivity (Wildman–Crippen MR) is 354 cm³/mol. The predicted octanol–water partition coefficient (Wildman–Crippen LogP) is 11.1. The molecule has 19 heteroatoms. The molecular weight excluding hydrogens is 1140 g/mol. The van der Waals surface area contributed by atoms with Gasteiger partial charge in [-0.3, -0.25) is 14.2 Å². The minimum absolute atomic E-state index is 0.0447. The summed E-state index contributed by atoms with van der Waals surface area (Å²) in [5.74, 6) is -2.73. The van der Waals surface area contributed by atoms with Crippen molar-refractivity contribution >= 4 is 74.2 Å². The summed E-state index contributed by atoms with van der Waals surface area (Å²) in [4.78, 5) is 83.5. The lowest BCUT2D eigenvalue weighted by atomic mass is 9.98. The van der Waals surface area contributed by atoms with E-state index in [1.165, 1.54) is 78.1 Å². The van der Waals surface area contributed by atoms with Gasteiger partial charge in [0.2, 0.25) is 11.8 Å². The first kappa shape index (κ1) is 66.8. The Morgan fingerprint density at radius 1 is 0.600 bits per heavy atom. The Balaban J connectivity index is 0.000000199. The molecule has 0 amide bonds. The number of hydrogen-bond donors (Lipinski definition) is 5. The number of esters is 2. The van der Waals surface area contributed by atoms with Crippen molar-refractivity contribution in [2.75, 3.05) is 88.2 Å². The Morgan fingerprint density at radius 3 is 1.51 bits per heavy atom. The summed E-state index contributed by atoms with van der Waals surface area (Å²) in [5, 5.41) is 32.8. The van der Waals surface area contributed by atoms with Gasteiger partial charge >= 0.3 is 17.9 Å². The van der Waals surface area contributed by atoms with Crippen molar-refractivity contribution in [1.82, 2.24) is 29.2 Å². The summed E-state index contributed by atoms with van der Waals surface area (Å²) < 4.78 is 10.9. The van der Waals surface area contributed by atoms with Crippen molar-refractivity contribution in [2.45, 2.75) is 71.4 Å². The summed E-state index contributed by atoms with van der Waals surface area (Å²) in [7, 11) is 11.3. The minimum atomic E-state index is -1.05. The van der Waals surface area contributed by atoms with E-state index >= 15 is 0 Å². The van der Waals surface area contributed by atoms with Crippen LogP contribution < -0.4 is 5.73 Å². The molecule has 0 unspecified atom stereocenters. The van der Waals surface area contributed by atoms with E-state index in [0.717, 1.165) is 66.3 Å². The van der Waals surface area contributed by atoms with E-state index in [0.29, 0.717) is 85.1 Å². The van der Waals surface area contributed by atoms with E-state index in [1.807, 2.05) is 97.9 Å². The number of carboxylic acids is 1. The topological polar surface area (TPSA) is 249 Å². The number of aryl methyl sites for hydroxylation is 2. The van der Waals surface area contributed by atoms with Gasteiger partial charge < -0.3 is 55.1 Å². The zero-order valence-electron chi connectivity index (χ0n) is 53.0. The zero-order chi connectivity index (χ0) is 64.8. The Labute approximate surface area is 526 Å². The molecule has 2 fully saturated rings. The summed E-state index contributed by atoms with van der Waals surface area (Å²) >= 11 is 0. The fourth-order valence-electron chi connectivity index (χ4n) is 11.7. The molecule has 0 bridgehead atoms. The lowest BCUT2D eigenvalue weighted by Gasteiger charge is -2.35. The van der Waals surface area contributed by atoms with Crippen LogP contribution in [0.4, 0.5) is 11.4 Å². The van der Waals surface area contributed by atoms with Gasteiger partial charge in [0.05, 0.1) is 70.4 Å². The summed E-state index contributed by atoms with van der Waals surface area (Å²) in [6.45, 7) is 12.3. The van der Waals surface area contributed by atoms with Crippen molar-refractivity contribution in [3.8, 4) is 11.8 Å².